The van der Waals surface area contributed by atoms with Gasteiger partial charge in [0.15, 0.2) is 6.61 Å². The van der Waals surface area contributed by atoms with Gasteiger partial charge in [-0.2, -0.15) is 0 Å². The molecule has 0 unspecified atom stereocenters. The van der Waals surface area contributed by atoms with Crippen molar-refractivity contribution in [2.45, 2.75) is 18.8 Å². The number of hydrogen-bond donors (Lipinski definition) is 1. The van der Waals surface area contributed by atoms with Gasteiger partial charge in [-0.1, -0.05) is 35.0 Å². The zero-order valence-electron chi connectivity index (χ0n) is 16.5. The van der Waals surface area contributed by atoms with Crippen molar-refractivity contribution < 1.29 is 23.5 Å². The van der Waals surface area contributed by atoms with E-state index in [1.807, 2.05) is 6.92 Å². The van der Waals surface area contributed by atoms with Crippen molar-refractivity contribution in [1.82, 2.24) is 10.2 Å². The van der Waals surface area contributed by atoms with Crippen LogP contribution in [-0.4, -0.2) is 34.9 Å². The molecule has 1 heterocycles. The maximum absolute atomic E-state index is 12.2. The van der Waals surface area contributed by atoms with Crippen molar-refractivity contribution in [1.29, 1.82) is 0 Å². The van der Waals surface area contributed by atoms with Gasteiger partial charge in [-0.25, -0.2) is 4.79 Å². The van der Waals surface area contributed by atoms with E-state index in [0.29, 0.717) is 21.5 Å². The number of rotatable bonds is 8. The van der Waals surface area contributed by atoms with Crippen LogP contribution in [0.15, 0.2) is 46.0 Å². The molecule has 11 heteroatoms. The minimum absolute atomic E-state index is 0.00242. The van der Waals surface area contributed by atoms with Crippen LogP contribution >= 0.6 is 35.0 Å². The Hall–Kier alpha value is -2.75. The second kappa shape index (κ2) is 10.5. The number of aromatic nitrogens is 2. The molecule has 0 aliphatic rings. The van der Waals surface area contributed by atoms with E-state index in [4.69, 9.17) is 32.4 Å². The summed E-state index contributed by atoms with van der Waals surface area (Å²) >= 11 is 13.1. The number of hydrogen-bond acceptors (Lipinski definition) is 8. The Morgan fingerprint density at radius 2 is 1.97 bits per heavy atom. The number of benzene rings is 2. The Kier molecular flexibility index (Phi) is 7.78. The maximum Gasteiger partial charge on any atom is 0.337 e. The lowest BCUT2D eigenvalue weighted by molar-refractivity contribution is -0.113. The summed E-state index contributed by atoms with van der Waals surface area (Å²) in [5, 5.41) is 11.6. The zero-order chi connectivity index (χ0) is 22.4. The molecule has 1 N–H and O–H groups in total. The van der Waals surface area contributed by atoms with Crippen molar-refractivity contribution >= 4 is 52.5 Å². The second-order valence-electron chi connectivity index (χ2n) is 6.18. The normalized spacial score (nSPS) is 10.6. The predicted molar refractivity (Wildman–Crippen MR) is 117 cm³/mol. The van der Waals surface area contributed by atoms with Crippen molar-refractivity contribution in [2.75, 3.05) is 18.2 Å². The van der Waals surface area contributed by atoms with Gasteiger partial charge in [-0.3, -0.25) is 4.79 Å². The third-order valence-electron chi connectivity index (χ3n) is 3.92. The Morgan fingerprint density at radius 3 is 2.71 bits per heavy atom. The quantitative estimate of drug-likeness (QED) is 0.362. The lowest BCUT2D eigenvalue weighted by atomic mass is 10.2. The second-order valence-corrected chi connectivity index (χ2v) is 7.95. The van der Waals surface area contributed by atoms with Crippen molar-refractivity contribution in [3.8, 4) is 5.75 Å². The van der Waals surface area contributed by atoms with Gasteiger partial charge in [0, 0.05) is 5.02 Å². The SMILES string of the molecule is COC(=O)c1ccc(Cl)c(NC(=O)CSc2nnc(COc3ccc(Cl)cc3C)o2)c1. The van der Waals surface area contributed by atoms with Crippen LogP contribution in [0.5, 0.6) is 5.75 Å². The Balaban J connectivity index is 1.52. The first-order valence-corrected chi connectivity index (χ1v) is 10.6. The Bertz CT molecular complexity index is 1110. The van der Waals surface area contributed by atoms with Gasteiger partial charge in [0.1, 0.15) is 5.75 Å². The fourth-order valence-corrected chi connectivity index (χ4v) is 3.42. The molecule has 1 amide bonds. The zero-order valence-corrected chi connectivity index (χ0v) is 18.8. The van der Waals surface area contributed by atoms with E-state index < -0.39 is 5.97 Å². The summed E-state index contributed by atoms with van der Waals surface area (Å²) in [6.07, 6.45) is 0. The molecule has 0 saturated carbocycles. The first-order chi connectivity index (χ1) is 14.9. The average molecular weight is 482 g/mol. The van der Waals surface area contributed by atoms with Gasteiger partial charge >= 0.3 is 5.97 Å². The molecular weight excluding hydrogens is 465 g/mol. The topological polar surface area (TPSA) is 104 Å². The number of esters is 1. The number of nitrogens with zero attached hydrogens (tertiary/aromatic N) is 2. The lowest BCUT2D eigenvalue weighted by Gasteiger charge is -2.08. The number of ether oxygens (including phenoxy) is 2. The number of aryl methyl sites for hydroxylation is 1. The van der Waals surface area contributed by atoms with Crippen LogP contribution in [0, 0.1) is 6.92 Å². The minimum Gasteiger partial charge on any atom is -0.484 e. The van der Waals surface area contributed by atoms with Crippen molar-refractivity contribution in [3.05, 3.63) is 63.5 Å². The van der Waals surface area contributed by atoms with Crippen molar-refractivity contribution in [2.24, 2.45) is 0 Å². The molecule has 0 atom stereocenters. The molecule has 162 valence electrons. The van der Waals surface area contributed by atoms with Gasteiger partial charge in [0.05, 0.1) is 29.1 Å². The third-order valence-corrected chi connectivity index (χ3v) is 5.31. The van der Waals surface area contributed by atoms with E-state index >= 15 is 0 Å². The van der Waals surface area contributed by atoms with Crippen LogP contribution in [0.1, 0.15) is 21.8 Å². The molecule has 0 saturated heterocycles. The molecule has 31 heavy (non-hydrogen) atoms. The molecule has 0 spiro atoms. The predicted octanol–water partition coefficient (Wildman–Crippen LogP) is 4.78. The standard InChI is InChI=1S/C20H17Cl2N3O5S/c1-11-7-13(21)4-6-16(11)29-9-18-24-25-20(30-18)31-10-17(26)23-15-8-12(19(27)28-2)3-5-14(15)22/h3-8H,9-10H2,1-2H3,(H,23,26). The van der Waals surface area contributed by atoms with E-state index in [1.54, 1.807) is 18.2 Å². The molecule has 0 aliphatic carbocycles. The van der Waals surface area contributed by atoms with E-state index in [2.05, 4.69) is 20.3 Å². The number of amides is 1. The van der Waals surface area contributed by atoms with Crippen LogP contribution in [-0.2, 0) is 16.1 Å². The molecule has 0 bridgehead atoms. The van der Waals surface area contributed by atoms with Crippen LogP contribution < -0.4 is 10.1 Å². The highest BCUT2D eigenvalue weighted by molar-refractivity contribution is 7.99. The first-order valence-electron chi connectivity index (χ1n) is 8.87. The summed E-state index contributed by atoms with van der Waals surface area (Å²) < 4.78 is 15.8. The summed E-state index contributed by atoms with van der Waals surface area (Å²) in [5.74, 6) is 0.0309. The van der Waals surface area contributed by atoms with Gasteiger partial charge < -0.3 is 19.2 Å². The third kappa shape index (κ3) is 6.36. The van der Waals surface area contributed by atoms with Crippen LogP contribution in [0.3, 0.4) is 0 Å². The van der Waals surface area contributed by atoms with Gasteiger partial charge in [0.25, 0.3) is 11.1 Å². The average Bonchev–Trinajstić information content (AvgIpc) is 3.20. The number of anilines is 1. The molecule has 0 fully saturated rings. The molecule has 8 nitrogen and oxygen atoms in total. The lowest BCUT2D eigenvalue weighted by Crippen LogP contribution is -2.15. The van der Waals surface area contributed by atoms with Crippen molar-refractivity contribution in [3.63, 3.8) is 0 Å². The maximum atomic E-state index is 12.2. The van der Waals surface area contributed by atoms with Crippen LogP contribution in [0.2, 0.25) is 10.0 Å². The molecule has 2 aromatic carbocycles. The number of carbonyl (C=O) groups excluding carboxylic acids is 2. The Labute approximate surface area is 192 Å². The van der Waals surface area contributed by atoms with E-state index in [1.165, 1.54) is 25.3 Å². The van der Waals surface area contributed by atoms with Crippen LogP contribution in [0.25, 0.3) is 0 Å². The summed E-state index contributed by atoms with van der Waals surface area (Å²) in [6, 6.07) is 9.73. The number of methoxy groups -OCH3 is 1. The van der Waals surface area contributed by atoms with E-state index in [9.17, 15) is 9.59 Å². The largest absolute Gasteiger partial charge is 0.484 e. The number of nitrogens with one attached hydrogen (secondary N) is 1. The van der Waals surface area contributed by atoms with Crippen LogP contribution in [0.4, 0.5) is 5.69 Å². The summed E-state index contributed by atoms with van der Waals surface area (Å²) in [4.78, 5) is 23.9. The molecule has 3 aromatic rings. The number of halogens is 2. The monoisotopic (exact) mass is 481 g/mol. The van der Waals surface area contributed by atoms with E-state index in [0.717, 1.165) is 17.3 Å². The summed E-state index contributed by atoms with van der Waals surface area (Å²) in [7, 11) is 1.27. The summed E-state index contributed by atoms with van der Waals surface area (Å²) in [6.45, 7) is 1.96. The number of carbonyl (C=O) groups is 2. The fourth-order valence-electron chi connectivity index (χ4n) is 2.45. The molecule has 3 rings (SSSR count). The first kappa shape index (κ1) is 22.9. The fraction of sp³-hybridized carbons (Fsp3) is 0.200. The highest BCUT2D eigenvalue weighted by Gasteiger charge is 2.14. The Morgan fingerprint density at radius 1 is 1.16 bits per heavy atom. The smallest absolute Gasteiger partial charge is 0.337 e. The molecule has 1 aromatic heterocycles. The summed E-state index contributed by atoms with van der Waals surface area (Å²) in [5.41, 5.74) is 1.45. The van der Waals surface area contributed by atoms with Gasteiger partial charge in [0.2, 0.25) is 5.91 Å². The highest BCUT2D eigenvalue weighted by atomic mass is 35.5. The van der Waals surface area contributed by atoms with Gasteiger partial charge in [-0.15, -0.1) is 10.2 Å². The van der Waals surface area contributed by atoms with Gasteiger partial charge in [-0.05, 0) is 48.9 Å². The molecular formula is C20H17Cl2N3O5S. The highest BCUT2D eigenvalue weighted by Crippen LogP contribution is 2.25. The minimum atomic E-state index is -0.532. The molecule has 0 radical (unpaired) electrons. The number of thioether (sulfide) groups is 1. The van der Waals surface area contributed by atoms with E-state index in [-0.39, 0.29) is 34.9 Å². The molecule has 0 aliphatic heterocycles.